The Kier molecular flexibility index (Phi) is 4.98. The van der Waals surface area contributed by atoms with E-state index in [1.165, 1.54) is 0 Å². The summed E-state index contributed by atoms with van der Waals surface area (Å²) in [6.07, 6.45) is 4.89. The van der Waals surface area contributed by atoms with E-state index in [1.807, 2.05) is 0 Å². The molecule has 5 nitrogen and oxygen atoms in total. The lowest BCUT2D eigenvalue weighted by molar-refractivity contribution is -0.131. The fourth-order valence-corrected chi connectivity index (χ4v) is 1.49. The molecule has 3 N–H and O–H groups in total. The quantitative estimate of drug-likeness (QED) is 0.748. The molecule has 1 unspecified atom stereocenters. The van der Waals surface area contributed by atoms with E-state index in [-0.39, 0.29) is 11.8 Å². The zero-order valence-corrected chi connectivity index (χ0v) is 9.94. The Morgan fingerprint density at radius 3 is 2.94 bits per heavy atom. The van der Waals surface area contributed by atoms with Crippen LogP contribution in [-0.4, -0.2) is 34.4 Å². The van der Waals surface area contributed by atoms with Gasteiger partial charge in [-0.25, -0.2) is 4.98 Å². The molecule has 0 radical (unpaired) electrons. The summed E-state index contributed by atoms with van der Waals surface area (Å²) in [5.41, 5.74) is 5.58. The average Bonchev–Trinajstić information content (AvgIpc) is 2.78. The molecule has 0 aliphatic heterocycles. The maximum absolute atomic E-state index is 11.8. The topological polar surface area (TPSA) is 75.0 Å². The monoisotopic (exact) mass is 224 g/mol. The van der Waals surface area contributed by atoms with Crippen molar-refractivity contribution in [1.82, 2.24) is 14.9 Å². The number of H-pyrrole nitrogens is 1. The highest BCUT2D eigenvalue weighted by molar-refractivity contribution is 5.76. The maximum atomic E-state index is 11.8. The minimum atomic E-state index is 0.119. The van der Waals surface area contributed by atoms with E-state index in [2.05, 4.69) is 16.9 Å². The third-order valence-corrected chi connectivity index (χ3v) is 2.74. The summed E-state index contributed by atoms with van der Waals surface area (Å²) in [6, 6.07) is 0. The van der Waals surface area contributed by atoms with Crippen molar-refractivity contribution in [3.8, 4) is 0 Å². The zero-order chi connectivity index (χ0) is 12.0. The Labute approximate surface area is 96.0 Å². The van der Waals surface area contributed by atoms with Crippen LogP contribution in [0.5, 0.6) is 0 Å². The van der Waals surface area contributed by atoms with Gasteiger partial charge in [0, 0.05) is 25.9 Å². The van der Waals surface area contributed by atoms with E-state index in [1.54, 1.807) is 24.3 Å². The molecule has 1 rings (SSSR count). The molecule has 0 aliphatic rings. The first kappa shape index (κ1) is 12.7. The Hall–Kier alpha value is -1.36. The molecule has 1 aromatic rings. The third kappa shape index (κ3) is 3.66. The van der Waals surface area contributed by atoms with Crippen LogP contribution in [-0.2, 0) is 11.3 Å². The third-order valence-electron chi connectivity index (χ3n) is 2.74. The summed E-state index contributed by atoms with van der Waals surface area (Å²) in [4.78, 5) is 20.6. The van der Waals surface area contributed by atoms with Gasteiger partial charge in [-0.3, -0.25) is 4.79 Å². The molecule has 16 heavy (non-hydrogen) atoms. The van der Waals surface area contributed by atoms with Crippen LogP contribution in [0.25, 0.3) is 0 Å². The molecule has 0 aliphatic carbocycles. The molecule has 0 spiro atoms. The van der Waals surface area contributed by atoms with Crippen LogP contribution in [0.15, 0.2) is 12.4 Å². The van der Waals surface area contributed by atoms with E-state index in [0.717, 1.165) is 12.2 Å². The first-order chi connectivity index (χ1) is 7.67. The summed E-state index contributed by atoms with van der Waals surface area (Å²) in [5.74, 6) is 1.21. The van der Waals surface area contributed by atoms with Crippen LogP contribution in [0.3, 0.4) is 0 Å². The standard InChI is InChI=1S/C11H20N4O/c1-3-9(7-12)6-11(16)15(2)8-10-13-4-5-14-10/h4-5,9H,3,6-8,12H2,1-2H3,(H,13,14). The maximum Gasteiger partial charge on any atom is 0.223 e. The number of nitrogens with two attached hydrogens (primary N) is 1. The number of hydrogen-bond donors (Lipinski definition) is 2. The van der Waals surface area contributed by atoms with Gasteiger partial charge in [0.1, 0.15) is 5.82 Å². The number of amides is 1. The molecule has 1 heterocycles. The second-order valence-corrected chi connectivity index (χ2v) is 4.00. The fraction of sp³-hybridized carbons (Fsp3) is 0.636. The number of imidazole rings is 1. The van der Waals surface area contributed by atoms with Crippen molar-refractivity contribution in [2.45, 2.75) is 26.3 Å². The Bertz CT molecular complexity index is 306. The fourth-order valence-electron chi connectivity index (χ4n) is 1.49. The van der Waals surface area contributed by atoms with Crippen molar-refractivity contribution in [2.24, 2.45) is 11.7 Å². The van der Waals surface area contributed by atoms with Crippen LogP contribution in [0.1, 0.15) is 25.6 Å². The number of aromatic nitrogens is 2. The SMILES string of the molecule is CCC(CN)CC(=O)N(C)Cc1ncc[nH]1. The van der Waals surface area contributed by atoms with Gasteiger partial charge in [-0.05, 0) is 12.5 Å². The highest BCUT2D eigenvalue weighted by atomic mass is 16.2. The van der Waals surface area contributed by atoms with Crippen molar-refractivity contribution in [1.29, 1.82) is 0 Å². The van der Waals surface area contributed by atoms with Crippen LogP contribution in [0.4, 0.5) is 0 Å². The molecule has 1 aromatic heterocycles. The zero-order valence-electron chi connectivity index (χ0n) is 9.94. The molecular formula is C11H20N4O. The number of carbonyl (C=O) groups excluding carboxylic acids is 1. The van der Waals surface area contributed by atoms with Crippen molar-refractivity contribution in [2.75, 3.05) is 13.6 Å². The van der Waals surface area contributed by atoms with Crippen LogP contribution >= 0.6 is 0 Å². The minimum absolute atomic E-state index is 0.119. The van der Waals surface area contributed by atoms with Gasteiger partial charge in [0.15, 0.2) is 0 Å². The van der Waals surface area contributed by atoms with Crippen molar-refractivity contribution >= 4 is 5.91 Å². The molecule has 0 bridgehead atoms. The molecule has 1 atom stereocenters. The molecular weight excluding hydrogens is 204 g/mol. The lowest BCUT2D eigenvalue weighted by Crippen LogP contribution is -2.30. The van der Waals surface area contributed by atoms with E-state index in [0.29, 0.717) is 19.5 Å². The second-order valence-electron chi connectivity index (χ2n) is 4.00. The summed E-state index contributed by atoms with van der Waals surface area (Å²) in [6.45, 7) is 3.14. The van der Waals surface area contributed by atoms with Crippen molar-refractivity contribution in [3.63, 3.8) is 0 Å². The number of aromatic amines is 1. The highest BCUT2D eigenvalue weighted by Crippen LogP contribution is 2.09. The first-order valence-corrected chi connectivity index (χ1v) is 5.59. The number of rotatable bonds is 6. The number of carbonyl (C=O) groups is 1. The predicted octanol–water partition coefficient (Wildman–Crippen LogP) is 0.743. The lowest BCUT2D eigenvalue weighted by atomic mass is 10.0. The Morgan fingerprint density at radius 2 is 2.44 bits per heavy atom. The summed E-state index contributed by atoms with van der Waals surface area (Å²) < 4.78 is 0. The first-order valence-electron chi connectivity index (χ1n) is 5.59. The molecule has 90 valence electrons. The predicted molar refractivity (Wildman–Crippen MR) is 62.5 cm³/mol. The van der Waals surface area contributed by atoms with Gasteiger partial charge in [-0.2, -0.15) is 0 Å². The molecule has 0 saturated carbocycles. The molecule has 5 heteroatoms. The molecule has 0 saturated heterocycles. The van der Waals surface area contributed by atoms with Gasteiger partial charge in [0.2, 0.25) is 5.91 Å². The summed E-state index contributed by atoms with van der Waals surface area (Å²) in [5, 5.41) is 0. The van der Waals surface area contributed by atoms with Gasteiger partial charge in [-0.15, -0.1) is 0 Å². The number of nitrogens with zero attached hydrogens (tertiary/aromatic N) is 2. The van der Waals surface area contributed by atoms with E-state index < -0.39 is 0 Å². The highest BCUT2D eigenvalue weighted by Gasteiger charge is 2.15. The second kappa shape index (κ2) is 6.27. The largest absolute Gasteiger partial charge is 0.347 e. The Morgan fingerprint density at radius 1 is 1.69 bits per heavy atom. The van der Waals surface area contributed by atoms with Gasteiger partial charge in [-0.1, -0.05) is 13.3 Å². The van der Waals surface area contributed by atoms with E-state index in [4.69, 9.17) is 5.73 Å². The number of hydrogen-bond acceptors (Lipinski definition) is 3. The minimum Gasteiger partial charge on any atom is -0.347 e. The van der Waals surface area contributed by atoms with Gasteiger partial charge in [0.05, 0.1) is 6.54 Å². The summed E-state index contributed by atoms with van der Waals surface area (Å²) >= 11 is 0. The summed E-state index contributed by atoms with van der Waals surface area (Å²) in [7, 11) is 1.79. The lowest BCUT2D eigenvalue weighted by Gasteiger charge is -2.19. The van der Waals surface area contributed by atoms with Gasteiger partial charge in [0.25, 0.3) is 0 Å². The molecule has 0 aromatic carbocycles. The van der Waals surface area contributed by atoms with Crippen LogP contribution in [0, 0.1) is 5.92 Å². The Balaban J connectivity index is 2.41. The van der Waals surface area contributed by atoms with Crippen molar-refractivity contribution in [3.05, 3.63) is 18.2 Å². The van der Waals surface area contributed by atoms with Gasteiger partial charge < -0.3 is 15.6 Å². The normalized spacial score (nSPS) is 12.4. The molecule has 0 fully saturated rings. The van der Waals surface area contributed by atoms with Crippen molar-refractivity contribution < 1.29 is 4.79 Å². The average molecular weight is 224 g/mol. The van der Waals surface area contributed by atoms with Crippen LogP contribution < -0.4 is 5.73 Å². The van der Waals surface area contributed by atoms with E-state index in [9.17, 15) is 4.79 Å². The number of nitrogens with one attached hydrogen (secondary N) is 1. The van der Waals surface area contributed by atoms with Crippen LogP contribution in [0.2, 0.25) is 0 Å². The van der Waals surface area contributed by atoms with E-state index >= 15 is 0 Å². The van der Waals surface area contributed by atoms with Gasteiger partial charge >= 0.3 is 0 Å². The molecule has 1 amide bonds. The smallest absolute Gasteiger partial charge is 0.223 e.